The van der Waals surface area contributed by atoms with Crippen LogP contribution in [0.2, 0.25) is 0 Å². The van der Waals surface area contributed by atoms with Gasteiger partial charge in [-0.1, -0.05) is 54.2 Å². The number of amides is 1. The van der Waals surface area contributed by atoms with Gasteiger partial charge in [-0.15, -0.1) is 0 Å². The van der Waals surface area contributed by atoms with Gasteiger partial charge in [-0.3, -0.25) is 9.69 Å². The van der Waals surface area contributed by atoms with Crippen LogP contribution in [0.1, 0.15) is 11.4 Å². The second-order valence-electron chi connectivity index (χ2n) is 7.78. The van der Waals surface area contributed by atoms with Gasteiger partial charge in [0.05, 0.1) is 22.5 Å². The number of aromatic nitrogens is 2. The van der Waals surface area contributed by atoms with E-state index in [1.165, 1.54) is 29.2 Å². The second kappa shape index (κ2) is 9.90. The highest BCUT2D eigenvalue weighted by molar-refractivity contribution is 8.14. The van der Waals surface area contributed by atoms with Crippen LogP contribution in [0.5, 0.6) is 0 Å². The number of benzene rings is 3. The van der Waals surface area contributed by atoms with E-state index < -0.39 is 5.82 Å². The molecule has 0 spiro atoms. The van der Waals surface area contributed by atoms with Crippen LogP contribution in [0.25, 0.3) is 22.7 Å². The van der Waals surface area contributed by atoms with E-state index in [2.05, 4.69) is 15.0 Å². The number of H-pyrrole nitrogens is 1. The number of halogens is 1. The van der Waals surface area contributed by atoms with Crippen molar-refractivity contribution in [3.63, 3.8) is 0 Å². The normalized spacial score (nSPS) is 15.2. The summed E-state index contributed by atoms with van der Waals surface area (Å²) in [5.74, 6) is -0.809. The van der Waals surface area contributed by atoms with E-state index in [-0.39, 0.29) is 34.5 Å². The van der Waals surface area contributed by atoms with Crippen molar-refractivity contribution in [1.29, 1.82) is 5.26 Å². The molecule has 176 valence electrons. The lowest BCUT2D eigenvalue weighted by molar-refractivity contribution is -0.113. The highest BCUT2D eigenvalue weighted by Gasteiger charge is 2.32. The predicted molar refractivity (Wildman–Crippen MR) is 139 cm³/mol. The molecule has 7 nitrogen and oxygen atoms in total. The van der Waals surface area contributed by atoms with Gasteiger partial charge in [-0.25, -0.2) is 14.4 Å². The average Bonchev–Trinajstić information content (AvgIpc) is 3.45. The Morgan fingerprint density at radius 2 is 1.81 bits per heavy atom. The molecule has 0 bridgehead atoms. The fourth-order valence-electron chi connectivity index (χ4n) is 3.65. The number of thioether (sulfide) groups is 1. The number of nitriles is 1. The molecule has 5 rings (SSSR count). The minimum Gasteiger partial charge on any atom is -0.510 e. The van der Waals surface area contributed by atoms with E-state index in [9.17, 15) is 19.6 Å². The molecule has 0 unspecified atom stereocenters. The van der Waals surface area contributed by atoms with E-state index in [1.807, 2.05) is 54.6 Å². The Bertz CT molecular complexity index is 1550. The van der Waals surface area contributed by atoms with Crippen molar-refractivity contribution in [2.45, 2.75) is 0 Å². The first-order valence-electron chi connectivity index (χ1n) is 10.9. The van der Waals surface area contributed by atoms with Crippen molar-refractivity contribution >= 4 is 51.2 Å². The highest BCUT2D eigenvalue weighted by Crippen LogP contribution is 2.31. The number of fused-ring (bicyclic) bond motifs is 1. The van der Waals surface area contributed by atoms with Gasteiger partial charge >= 0.3 is 0 Å². The zero-order valence-electron chi connectivity index (χ0n) is 18.7. The Morgan fingerprint density at radius 3 is 2.53 bits per heavy atom. The summed E-state index contributed by atoms with van der Waals surface area (Å²) in [6.45, 7) is 0. The second-order valence-corrected chi connectivity index (χ2v) is 8.72. The Balaban J connectivity index is 1.46. The number of hydrogen-bond donors (Lipinski definition) is 2. The molecule has 36 heavy (non-hydrogen) atoms. The van der Waals surface area contributed by atoms with Crippen LogP contribution in [0, 0.1) is 17.1 Å². The SMILES string of the molecule is N#CC(=C(O)CSC1=NC(=Cc2ccccc2)C(=O)N1c1ccc(F)cc1)c1nc2ccccc2[nH]1. The number of carbonyl (C=O) groups excluding carboxylic acids is 1. The molecule has 2 heterocycles. The topological polar surface area (TPSA) is 105 Å². The monoisotopic (exact) mass is 495 g/mol. The molecule has 0 saturated carbocycles. The lowest BCUT2D eigenvalue weighted by Gasteiger charge is -2.17. The van der Waals surface area contributed by atoms with Gasteiger partial charge in [0, 0.05) is 0 Å². The lowest BCUT2D eigenvalue weighted by atomic mass is 10.2. The van der Waals surface area contributed by atoms with Crippen LogP contribution in [0.15, 0.2) is 95.3 Å². The molecule has 1 aliphatic heterocycles. The summed E-state index contributed by atoms with van der Waals surface area (Å²) < 4.78 is 13.5. The van der Waals surface area contributed by atoms with Crippen molar-refractivity contribution < 1.29 is 14.3 Å². The molecule has 9 heteroatoms. The number of anilines is 1. The first-order chi connectivity index (χ1) is 17.5. The van der Waals surface area contributed by atoms with Crippen molar-refractivity contribution in [2.75, 3.05) is 10.7 Å². The number of aliphatic hydroxyl groups excluding tert-OH is 1. The summed E-state index contributed by atoms with van der Waals surface area (Å²) in [5, 5.41) is 20.8. The third-order valence-corrected chi connectivity index (χ3v) is 6.33. The molecular weight excluding hydrogens is 477 g/mol. The van der Waals surface area contributed by atoms with Crippen LogP contribution in [-0.2, 0) is 4.79 Å². The largest absolute Gasteiger partial charge is 0.510 e. The van der Waals surface area contributed by atoms with Gasteiger partial charge in [0.1, 0.15) is 28.9 Å². The van der Waals surface area contributed by atoms with E-state index >= 15 is 0 Å². The molecule has 0 saturated heterocycles. The van der Waals surface area contributed by atoms with Crippen LogP contribution in [0.3, 0.4) is 0 Å². The zero-order valence-corrected chi connectivity index (χ0v) is 19.5. The first-order valence-corrected chi connectivity index (χ1v) is 11.9. The minimum absolute atomic E-state index is 0.00277. The third kappa shape index (κ3) is 4.62. The number of amidine groups is 1. The zero-order chi connectivity index (χ0) is 25.1. The number of allylic oxidation sites excluding steroid dienone is 1. The van der Waals surface area contributed by atoms with Crippen molar-refractivity contribution in [3.8, 4) is 6.07 Å². The average molecular weight is 496 g/mol. The smallest absolute Gasteiger partial charge is 0.283 e. The standard InChI is InChI=1S/C27H18FN5O2S/c28-18-10-12-19(13-11-18)33-26(35)23(14-17-6-2-1-3-7-17)32-27(33)36-16-24(34)20(15-29)25-30-21-8-4-5-9-22(21)31-25/h1-14,34H,16H2,(H,30,31). The summed E-state index contributed by atoms with van der Waals surface area (Å²) in [5.41, 5.74) is 2.85. The molecule has 1 amide bonds. The molecule has 1 aromatic heterocycles. The third-order valence-electron chi connectivity index (χ3n) is 5.38. The Labute approximate surface area is 209 Å². The van der Waals surface area contributed by atoms with E-state index in [0.717, 1.165) is 22.8 Å². The minimum atomic E-state index is -0.429. The highest BCUT2D eigenvalue weighted by atomic mass is 32.2. The lowest BCUT2D eigenvalue weighted by Crippen LogP contribution is -2.30. The number of nitrogens with one attached hydrogen (secondary N) is 1. The van der Waals surface area contributed by atoms with E-state index in [4.69, 9.17) is 0 Å². The van der Waals surface area contributed by atoms with Crippen molar-refractivity contribution in [2.24, 2.45) is 4.99 Å². The molecule has 0 atom stereocenters. The number of aliphatic imine (C=N–C) groups is 1. The Kier molecular flexibility index (Phi) is 6.34. The summed E-state index contributed by atoms with van der Waals surface area (Å²) in [7, 11) is 0. The molecule has 0 fully saturated rings. The van der Waals surface area contributed by atoms with Crippen molar-refractivity contribution in [1.82, 2.24) is 9.97 Å². The number of nitrogens with zero attached hydrogens (tertiary/aromatic N) is 4. The summed E-state index contributed by atoms with van der Waals surface area (Å²) in [6, 6.07) is 24.1. The molecule has 0 radical (unpaired) electrons. The molecule has 2 N–H and O–H groups in total. The maximum absolute atomic E-state index is 13.5. The number of hydrogen-bond acceptors (Lipinski definition) is 6. The maximum Gasteiger partial charge on any atom is 0.283 e. The van der Waals surface area contributed by atoms with Crippen LogP contribution in [0.4, 0.5) is 10.1 Å². The van der Waals surface area contributed by atoms with Gasteiger partial charge in [-0.2, -0.15) is 5.26 Å². The van der Waals surface area contributed by atoms with E-state index in [0.29, 0.717) is 16.4 Å². The van der Waals surface area contributed by atoms with Crippen LogP contribution in [-0.4, -0.2) is 31.9 Å². The number of aliphatic hydroxyl groups is 1. The Hall–Kier alpha value is -4.68. The number of carbonyl (C=O) groups is 1. The summed E-state index contributed by atoms with van der Waals surface area (Å²) >= 11 is 1.08. The number of imidazole rings is 1. The molecule has 4 aromatic rings. The fourth-order valence-corrected chi connectivity index (χ4v) is 4.54. The molecule has 1 aliphatic rings. The van der Waals surface area contributed by atoms with Crippen molar-refractivity contribution in [3.05, 3.63) is 108 Å². The van der Waals surface area contributed by atoms with Gasteiger partial charge < -0.3 is 10.1 Å². The Morgan fingerprint density at radius 1 is 1.08 bits per heavy atom. The van der Waals surface area contributed by atoms with Gasteiger partial charge in [0.15, 0.2) is 11.0 Å². The van der Waals surface area contributed by atoms with Gasteiger partial charge in [0.2, 0.25) is 0 Å². The maximum atomic E-state index is 13.5. The predicted octanol–water partition coefficient (Wildman–Crippen LogP) is 5.67. The molecule has 0 aliphatic carbocycles. The quantitative estimate of drug-likeness (QED) is 0.211. The molecule has 3 aromatic carbocycles. The fraction of sp³-hybridized carbons (Fsp3) is 0.0370. The van der Waals surface area contributed by atoms with Crippen LogP contribution < -0.4 is 4.90 Å². The van der Waals surface area contributed by atoms with Gasteiger partial charge in [0.25, 0.3) is 5.91 Å². The number of aromatic amines is 1. The van der Waals surface area contributed by atoms with Crippen LogP contribution >= 0.6 is 11.8 Å². The number of para-hydroxylation sites is 2. The molecular formula is C27H18FN5O2S. The first kappa shape index (κ1) is 23.1. The van der Waals surface area contributed by atoms with Gasteiger partial charge in [-0.05, 0) is 48.0 Å². The summed E-state index contributed by atoms with van der Waals surface area (Å²) in [4.78, 5) is 26.5. The summed E-state index contributed by atoms with van der Waals surface area (Å²) in [6.07, 6.45) is 1.66. The van der Waals surface area contributed by atoms with E-state index in [1.54, 1.807) is 12.1 Å². The number of rotatable bonds is 5.